The molecule has 2 N–H and O–H groups in total. The van der Waals surface area contributed by atoms with Crippen LogP contribution < -0.4 is 10.0 Å². The lowest BCUT2D eigenvalue weighted by molar-refractivity contribution is 0.0955. The second-order valence-electron chi connectivity index (χ2n) is 5.90. The van der Waals surface area contributed by atoms with Crippen molar-refractivity contribution in [1.82, 2.24) is 5.32 Å². The quantitative estimate of drug-likeness (QED) is 0.591. The number of anilines is 1. The summed E-state index contributed by atoms with van der Waals surface area (Å²) < 4.78 is 25.2. The average Bonchev–Trinajstić information content (AvgIpc) is 2.57. The van der Waals surface area contributed by atoms with Crippen LogP contribution >= 0.6 is 35.0 Å². The molecule has 2 aromatic carbocycles. The number of carbonyl (C=O) groups is 1. The summed E-state index contributed by atoms with van der Waals surface area (Å²) in [6.45, 7) is 2.19. The van der Waals surface area contributed by atoms with Gasteiger partial charge in [-0.2, -0.15) is 11.8 Å². The molecule has 2 aromatic rings. The largest absolute Gasteiger partial charge is 0.351 e. The van der Waals surface area contributed by atoms with Crippen LogP contribution in [-0.2, 0) is 15.8 Å². The van der Waals surface area contributed by atoms with E-state index in [1.54, 1.807) is 49.0 Å². The van der Waals surface area contributed by atoms with E-state index in [1.807, 2.05) is 6.07 Å². The molecule has 2 rings (SSSR count). The van der Waals surface area contributed by atoms with Crippen molar-refractivity contribution in [3.05, 3.63) is 63.1 Å². The zero-order valence-corrected chi connectivity index (χ0v) is 18.0. The first-order valence-electron chi connectivity index (χ1n) is 8.04. The number of nitrogens with one attached hydrogen (secondary N) is 2. The molecule has 0 aromatic heterocycles. The van der Waals surface area contributed by atoms with Crippen LogP contribution in [0, 0.1) is 6.92 Å². The van der Waals surface area contributed by atoms with E-state index in [0.29, 0.717) is 39.2 Å². The van der Waals surface area contributed by atoms with E-state index >= 15 is 0 Å². The van der Waals surface area contributed by atoms with Gasteiger partial charge < -0.3 is 5.32 Å². The number of carbonyl (C=O) groups excluding carboxylic acids is 1. The van der Waals surface area contributed by atoms with Crippen LogP contribution in [-0.4, -0.2) is 32.9 Å². The number of thioether (sulfide) groups is 1. The predicted octanol–water partition coefficient (Wildman–Crippen LogP) is 4.34. The van der Waals surface area contributed by atoms with Gasteiger partial charge in [-0.3, -0.25) is 9.52 Å². The number of rotatable bonds is 8. The minimum absolute atomic E-state index is 0.241. The predicted molar refractivity (Wildman–Crippen MR) is 115 cm³/mol. The molecule has 146 valence electrons. The van der Waals surface area contributed by atoms with Gasteiger partial charge in [0.25, 0.3) is 5.91 Å². The fourth-order valence-electron chi connectivity index (χ4n) is 2.34. The summed E-state index contributed by atoms with van der Waals surface area (Å²) in [6.07, 6.45) is 1.07. The molecule has 0 atom stereocenters. The maximum atomic E-state index is 12.4. The molecule has 0 saturated heterocycles. The highest BCUT2D eigenvalue weighted by Gasteiger charge is 2.13. The van der Waals surface area contributed by atoms with E-state index in [0.717, 1.165) is 17.6 Å². The van der Waals surface area contributed by atoms with Crippen LogP contribution in [0.1, 0.15) is 21.5 Å². The van der Waals surface area contributed by atoms with Gasteiger partial charge in [0.15, 0.2) is 0 Å². The van der Waals surface area contributed by atoms with Gasteiger partial charge >= 0.3 is 0 Å². The molecule has 27 heavy (non-hydrogen) atoms. The molecule has 0 aliphatic rings. The molecular formula is C18H20Cl2N2O3S2. The summed E-state index contributed by atoms with van der Waals surface area (Å²) in [7, 11) is -3.40. The first-order valence-corrected chi connectivity index (χ1v) is 11.8. The van der Waals surface area contributed by atoms with E-state index in [4.69, 9.17) is 23.2 Å². The van der Waals surface area contributed by atoms with E-state index in [9.17, 15) is 13.2 Å². The summed E-state index contributed by atoms with van der Waals surface area (Å²) in [5, 5.41) is 4.08. The van der Waals surface area contributed by atoms with Gasteiger partial charge in [-0.25, -0.2) is 8.42 Å². The average molecular weight is 447 g/mol. The van der Waals surface area contributed by atoms with Crippen molar-refractivity contribution in [2.75, 3.05) is 23.3 Å². The van der Waals surface area contributed by atoms with Crippen molar-refractivity contribution in [2.45, 2.75) is 12.7 Å². The zero-order chi connectivity index (χ0) is 20.0. The number of amides is 1. The first-order chi connectivity index (χ1) is 12.7. The summed E-state index contributed by atoms with van der Waals surface area (Å²) >= 11 is 13.7. The smallest absolute Gasteiger partial charge is 0.251 e. The van der Waals surface area contributed by atoms with Crippen molar-refractivity contribution in [2.24, 2.45) is 0 Å². The maximum absolute atomic E-state index is 12.4. The highest BCUT2D eigenvalue weighted by atomic mass is 35.5. The Hall–Kier alpha value is -1.41. The molecule has 0 aliphatic carbocycles. The Labute approximate surface area is 173 Å². The molecule has 0 heterocycles. The van der Waals surface area contributed by atoms with E-state index in [-0.39, 0.29) is 5.91 Å². The Kier molecular flexibility index (Phi) is 7.85. The Bertz CT molecular complexity index is 934. The second kappa shape index (κ2) is 9.68. The second-order valence-corrected chi connectivity index (χ2v) is 9.59. The van der Waals surface area contributed by atoms with Crippen LogP contribution in [0.15, 0.2) is 36.4 Å². The molecular weight excluding hydrogens is 427 g/mol. The van der Waals surface area contributed by atoms with Gasteiger partial charge in [0.05, 0.1) is 11.9 Å². The van der Waals surface area contributed by atoms with Crippen LogP contribution in [0.2, 0.25) is 10.0 Å². The van der Waals surface area contributed by atoms with Crippen LogP contribution in [0.4, 0.5) is 5.69 Å². The Balaban J connectivity index is 1.86. The van der Waals surface area contributed by atoms with E-state index in [1.165, 1.54) is 0 Å². The summed E-state index contributed by atoms with van der Waals surface area (Å²) in [5.41, 5.74) is 2.42. The Morgan fingerprint density at radius 1 is 1.19 bits per heavy atom. The minimum Gasteiger partial charge on any atom is -0.351 e. The SMILES string of the molecule is Cc1c(NS(C)(=O)=O)cccc1C(=O)NCCSCc1ccc(Cl)cc1Cl. The van der Waals surface area contributed by atoms with Crippen molar-refractivity contribution in [1.29, 1.82) is 0 Å². The third kappa shape index (κ3) is 6.92. The molecule has 0 bridgehead atoms. The minimum atomic E-state index is -3.40. The van der Waals surface area contributed by atoms with Gasteiger partial charge in [-0.1, -0.05) is 35.3 Å². The molecule has 0 unspecified atom stereocenters. The number of hydrogen-bond donors (Lipinski definition) is 2. The number of sulfonamides is 1. The Morgan fingerprint density at radius 2 is 1.93 bits per heavy atom. The van der Waals surface area contributed by atoms with Crippen molar-refractivity contribution in [3.8, 4) is 0 Å². The lowest BCUT2D eigenvalue weighted by atomic mass is 10.1. The number of hydrogen-bond acceptors (Lipinski definition) is 4. The molecule has 5 nitrogen and oxygen atoms in total. The zero-order valence-electron chi connectivity index (χ0n) is 14.9. The van der Waals surface area contributed by atoms with E-state index in [2.05, 4.69) is 10.0 Å². The molecule has 0 fully saturated rings. The van der Waals surface area contributed by atoms with Crippen LogP contribution in [0.3, 0.4) is 0 Å². The first kappa shape index (κ1) is 21.9. The van der Waals surface area contributed by atoms with Gasteiger partial charge in [0.1, 0.15) is 0 Å². The topological polar surface area (TPSA) is 75.3 Å². The molecule has 0 spiro atoms. The van der Waals surface area contributed by atoms with Gasteiger partial charge in [-0.05, 0) is 42.3 Å². The fraction of sp³-hybridized carbons (Fsp3) is 0.278. The number of benzene rings is 2. The van der Waals surface area contributed by atoms with Crippen molar-refractivity contribution >= 4 is 56.6 Å². The lowest BCUT2D eigenvalue weighted by Crippen LogP contribution is -2.26. The summed E-state index contributed by atoms with van der Waals surface area (Å²) in [4.78, 5) is 12.4. The standard InChI is InChI=1S/C18H20Cl2N2O3S2/c1-12-15(4-3-5-17(12)22-27(2,24)25)18(23)21-8-9-26-11-13-6-7-14(19)10-16(13)20/h3-7,10,22H,8-9,11H2,1-2H3,(H,21,23). The molecule has 0 radical (unpaired) electrons. The Morgan fingerprint density at radius 3 is 2.59 bits per heavy atom. The number of halogens is 2. The van der Waals surface area contributed by atoms with Crippen molar-refractivity contribution < 1.29 is 13.2 Å². The molecule has 9 heteroatoms. The summed E-state index contributed by atoms with van der Waals surface area (Å²) in [6, 6.07) is 10.3. The molecule has 0 aliphatic heterocycles. The monoisotopic (exact) mass is 446 g/mol. The van der Waals surface area contributed by atoms with Gasteiger partial charge in [0.2, 0.25) is 10.0 Å². The van der Waals surface area contributed by atoms with Crippen LogP contribution in [0.5, 0.6) is 0 Å². The lowest BCUT2D eigenvalue weighted by Gasteiger charge is -2.12. The third-order valence-corrected chi connectivity index (χ3v) is 5.86. The molecule has 1 amide bonds. The fourth-order valence-corrected chi connectivity index (χ4v) is 4.38. The van der Waals surface area contributed by atoms with Gasteiger partial charge in [-0.15, -0.1) is 0 Å². The third-order valence-electron chi connectivity index (χ3n) is 3.68. The van der Waals surface area contributed by atoms with Gasteiger partial charge in [0, 0.05) is 33.7 Å². The normalized spacial score (nSPS) is 11.3. The highest BCUT2D eigenvalue weighted by molar-refractivity contribution is 7.98. The molecule has 0 saturated carbocycles. The van der Waals surface area contributed by atoms with Crippen molar-refractivity contribution in [3.63, 3.8) is 0 Å². The maximum Gasteiger partial charge on any atom is 0.251 e. The van der Waals surface area contributed by atoms with Crippen LogP contribution in [0.25, 0.3) is 0 Å². The highest BCUT2D eigenvalue weighted by Crippen LogP contribution is 2.24. The van der Waals surface area contributed by atoms with E-state index < -0.39 is 10.0 Å². The summed E-state index contributed by atoms with van der Waals surface area (Å²) in [5.74, 6) is 1.19.